The van der Waals surface area contributed by atoms with Crippen LogP contribution in [0.25, 0.3) is 0 Å². The average Bonchev–Trinajstić information content (AvgIpc) is 1.80. The van der Waals surface area contributed by atoms with Crippen molar-refractivity contribution in [2.24, 2.45) is 0 Å². The smallest absolute Gasteiger partial charge is 0.274 e. The van der Waals surface area contributed by atoms with Crippen LogP contribution >= 0.6 is 11.6 Å². The Labute approximate surface area is 61.2 Å². The number of carbonyl (C=O) groups excluding carboxylic acids is 1. The molecule has 0 rings (SSSR count). The summed E-state index contributed by atoms with van der Waals surface area (Å²) in [6.07, 6.45) is 0. The highest BCUT2D eigenvalue weighted by Gasteiger charge is 2.35. The zero-order valence-corrected chi connectivity index (χ0v) is 5.91. The van der Waals surface area contributed by atoms with Gasteiger partial charge in [-0.3, -0.25) is 9.63 Å². The van der Waals surface area contributed by atoms with Gasteiger partial charge in [-0.05, 0) is 18.5 Å². The fourth-order valence-electron chi connectivity index (χ4n) is 0.196. The number of carbonyl (C=O) groups is 1. The number of hydrogen-bond acceptors (Lipinski definition) is 2. The predicted molar refractivity (Wildman–Crippen MR) is 30.6 cm³/mol. The summed E-state index contributed by atoms with van der Waals surface area (Å²) in [5.74, 6) is -1.66. The Bertz CT molecular complexity index is 125. The molecule has 1 amide bonds. The van der Waals surface area contributed by atoms with Crippen LogP contribution in [0.1, 0.15) is 6.92 Å². The SMILES string of the molecule is CCONC(=O)C(F)(F)Cl. The van der Waals surface area contributed by atoms with Crippen LogP contribution < -0.4 is 5.48 Å². The molecule has 1 N–H and O–H groups in total. The Balaban J connectivity index is 3.64. The lowest BCUT2D eigenvalue weighted by Crippen LogP contribution is -2.35. The summed E-state index contributed by atoms with van der Waals surface area (Å²) in [6.45, 7) is 1.64. The van der Waals surface area contributed by atoms with E-state index in [9.17, 15) is 13.6 Å². The molecule has 0 unspecified atom stereocenters. The minimum Gasteiger partial charge on any atom is -0.274 e. The van der Waals surface area contributed by atoms with Crippen LogP contribution in [0.4, 0.5) is 8.78 Å². The van der Waals surface area contributed by atoms with E-state index in [4.69, 9.17) is 0 Å². The molecule has 0 aromatic heterocycles. The van der Waals surface area contributed by atoms with Gasteiger partial charge in [-0.2, -0.15) is 8.78 Å². The molecule has 0 aliphatic rings. The molecule has 10 heavy (non-hydrogen) atoms. The fraction of sp³-hybridized carbons (Fsp3) is 0.750. The van der Waals surface area contributed by atoms with Crippen molar-refractivity contribution < 1.29 is 18.4 Å². The summed E-state index contributed by atoms with van der Waals surface area (Å²) < 4.78 is 23.4. The molecule has 0 spiro atoms. The van der Waals surface area contributed by atoms with Crippen molar-refractivity contribution in [3.63, 3.8) is 0 Å². The molecule has 0 atom stereocenters. The molecule has 0 radical (unpaired) electrons. The van der Waals surface area contributed by atoms with Gasteiger partial charge in [-0.1, -0.05) is 0 Å². The standard InChI is InChI=1S/C4H6ClF2NO2/c1-2-10-8-3(9)4(5,6)7/h2H2,1H3,(H,8,9). The van der Waals surface area contributed by atoms with Gasteiger partial charge in [0.1, 0.15) is 0 Å². The number of rotatable bonds is 3. The van der Waals surface area contributed by atoms with E-state index in [1.165, 1.54) is 12.4 Å². The Morgan fingerprint density at radius 3 is 2.60 bits per heavy atom. The highest BCUT2D eigenvalue weighted by molar-refractivity contribution is 6.32. The maximum atomic E-state index is 11.7. The number of halogens is 3. The molecule has 0 aromatic rings. The monoisotopic (exact) mass is 173 g/mol. The lowest BCUT2D eigenvalue weighted by atomic mass is 10.7. The normalized spacial score (nSPS) is 11.2. The maximum Gasteiger partial charge on any atom is 0.401 e. The third-order valence-electron chi connectivity index (χ3n) is 0.567. The van der Waals surface area contributed by atoms with Gasteiger partial charge in [-0.15, -0.1) is 0 Å². The van der Waals surface area contributed by atoms with Gasteiger partial charge in [-0.25, -0.2) is 5.48 Å². The molecular weight excluding hydrogens is 167 g/mol. The summed E-state index contributed by atoms with van der Waals surface area (Å²) in [6, 6.07) is 0. The zero-order valence-electron chi connectivity index (χ0n) is 5.16. The molecule has 0 bridgehead atoms. The second-order valence-electron chi connectivity index (χ2n) is 1.36. The third-order valence-corrected chi connectivity index (χ3v) is 0.738. The quantitative estimate of drug-likeness (QED) is 0.508. The maximum absolute atomic E-state index is 11.7. The molecule has 3 nitrogen and oxygen atoms in total. The van der Waals surface area contributed by atoms with Crippen LogP contribution in [0.2, 0.25) is 0 Å². The minimum atomic E-state index is -3.89. The zero-order chi connectivity index (χ0) is 8.20. The Morgan fingerprint density at radius 1 is 1.80 bits per heavy atom. The van der Waals surface area contributed by atoms with Gasteiger partial charge < -0.3 is 0 Å². The van der Waals surface area contributed by atoms with E-state index in [1.54, 1.807) is 0 Å². The van der Waals surface area contributed by atoms with Crippen LogP contribution in [0.3, 0.4) is 0 Å². The molecule has 0 saturated carbocycles. The summed E-state index contributed by atoms with van der Waals surface area (Å²) in [5, 5.41) is -3.89. The van der Waals surface area contributed by atoms with E-state index in [1.807, 2.05) is 0 Å². The van der Waals surface area contributed by atoms with E-state index in [2.05, 4.69) is 16.4 Å². The van der Waals surface area contributed by atoms with E-state index in [0.29, 0.717) is 0 Å². The van der Waals surface area contributed by atoms with Gasteiger partial charge in [0.05, 0.1) is 6.61 Å². The number of hydrogen-bond donors (Lipinski definition) is 1. The molecule has 6 heteroatoms. The van der Waals surface area contributed by atoms with Crippen molar-refractivity contribution in [3.8, 4) is 0 Å². The molecule has 0 aromatic carbocycles. The van der Waals surface area contributed by atoms with E-state index < -0.39 is 11.3 Å². The Kier molecular flexibility index (Phi) is 3.52. The van der Waals surface area contributed by atoms with E-state index in [-0.39, 0.29) is 6.61 Å². The van der Waals surface area contributed by atoms with Gasteiger partial charge in [0, 0.05) is 0 Å². The molecule has 60 valence electrons. The van der Waals surface area contributed by atoms with Crippen molar-refractivity contribution in [2.45, 2.75) is 12.3 Å². The first-order valence-electron chi connectivity index (χ1n) is 2.47. The largest absolute Gasteiger partial charge is 0.401 e. The fourth-order valence-corrected chi connectivity index (χ4v) is 0.234. The molecule has 0 fully saturated rings. The average molecular weight is 174 g/mol. The highest BCUT2D eigenvalue weighted by atomic mass is 35.5. The number of alkyl halides is 3. The van der Waals surface area contributed by atoms with Gasteiger partial charge in [0.2, 0.25) is 0 Å². The second kappa shape index (κ2) is 3.68. The topological polar surface area (TPSA) is 38.3 Å². The lowest BCUT2D eigenvalue weighted by molar-refractivity contribution is -0.148. The van der Waals surface area contributed by atoms with Crippen LogP contribution in [0.15, 0.2) is 0 Å². The summed E-state index contributed by atoms with van der Waals surface area (Å²) in [7, 11) is 0. The van der Waals surface area contributed by atoms with Crippen molar-refractivity contribution in [1.82, 2.24) is 5.48 Å². The van der Waals surface area contributed by atoms with Crippen molar-refractivity contribution >= 4 is 17.5 Å². The van der Waals surface area contributed by atoms with Crippen LogP contribution in [-0.2, 0) is 9.63 Å². The van der Waals surface area contributed by atoms with E-state index in [0.717, 1.165) is 0 Å². The van der Waals surface area contributed by atoms with Crippen molar-refractivity contribution in [2.75, 3.05) is 6.61 Å². The molecule has 0 aliphatic carbocycles. The number of hydroxylamine groups is 1. The first kappa shape index (κ1) is 9.58. The predicted octanol–water partition coefficient (Wildman–Crippen LogP) is 0.886. The van der Waals surface area contributed by atoms with Gasteiger partial charge >= 0.3 is 11.3 Å². The molecule has 0 aliphatic heterocycles. The summed E-state index contributed by atoms with van der Waals surface area (Å²) in [5.41, 5.74) is 1.45. The van der Waals surface area contributed by atoms with Crippen molar-refractivity contribution in [1.29, 1.82) is 0 Å². The molecular formula is C4H6ClF2NO2. The summed E-state index contributed by atoms with van der Waals surface area (Å²) >= 11 is 4.29. The number of amides is 1. The lowest BCUT2D eigenvalue weighted by Gasteiger charge is -2.06. The van der Waals surface area contributed by atoms with Crippen LogP contribution in [0, 0.1) is 0 Å². The Morgan fingerprint density at radius 2 is 2.30 bits per heavy atom. The number of nitrogens with one attached hydrogen (secondary N) is 1. The van der Waals surface area contributed by atoms with Crippen molar-refractivity contribution in [3.05, 3.63) is 0 Å². The van der Waals surface area contributed by atoms with E-state index >= 15 is 0 Å². The van der Waals surface area contributed by atoms with Gasteiger partial charge in [0.15, 0.2) is 0 Å². The third kappa shape index (κ3) is 3.58. The first-order chi connectivity index (χ1) is 4.48. The molecule has 0 heterocycles. The summed E-state index contributed by atoms with van der Waals surface area (Å²) in [4.78, 5) is 14.3. The first-order valence-corrected chi connectivity index (χ1v) is 2.85. The van der Waals surface area contributed by atoms with Crippen LogP contribution in [-0.4, -0.2) is 17.9 Å². The second-order valence-corrected chi connectivity index (χ2v) is 1.84. The molecule has 0 saturated heterocycles. The highest BCUT2D eigenvalue weighted by Crippen LogP contribution is 2.17. The van der Waals surface area contributed by atoms with Gasteiger partial charge in [0.25, 0.3) is 0 Å². The Hall–Kier alpha value is -0.420. The minimum absolute atomic E-state index is 0.110. The van der Waals surface area contributed by atoms with Crippen LogP contribution in [0.5, 0.6) is 0 Å².